The highest BCUT2D eigenvalue weighted by molar-refractivity contribution is 7.10. The van der Waals surface area contributed by atoms with Crippen LogP contribution in [0.25, 0.3) is 10.8 Å². The number of nitrogens with two attached hydrogens (primary N) is 1. The molecule has 0 atom stereocenters. The van der Waals surface area contributed by atoms with Gasteiger partial charge in [-0.25, -0.2) is 0 Å². The van der Waals surface area contributed by atoms with Gasteiger partial charge in [-0.2, -0.15) is 4.37 Å². The molecule has 0 spiro atoms. The molecule has 8 nitrogen and oxygen atoms in total. The topological polar surface area (TPSA) is 130 Å². The molecule has 3 aromatic carbocycles. The third-order valence-corrected chi connectivity index (χ3v) is 5.42. The number of carbonyl (C=O) groups excluding carboxylic acids is 2. The van der Waals surface area contributed by atoms with Crippen molar-refractivity contribution >= 4 is 50.5 Å². The van der Waals surface area contributed by atoms with Crippen LogP contribution in [-0.2, 0) is 0 Å². The van der Waals surface area contributed by atoms with Gasteiger partial charge in [0.15, 0.2) is 10.8 Å². The molecule has 1 aromatic heterocycles. The largest absolute Gasteiger partial charge is 0.505 e. The van der Waals surface area contributed by atoms with E-state index in [1.807, 2.05) is 12.1 Å². The van der Waals surface area contributed by atoms with Crippen molar-refractivity contribution in [3.05, 3.63) is 77.5 Å². The van der Waals surface area contributed by atoms with Crippen molar-refractivity contribution < 1.29 is 14.7 Å². The van der Waals surface area contributed by atoms with Crippen molar-refractivity contribution in [2.45, 2.75) is 6.92 Å². The molecule has 0 aliphatic heterocycles. The number of phenolic OH excluding ortho intramolecular Hbond substituents is 1. The van der Waals surface area contributed by atoms with Gasteiger partial charge < -0.3 is 16.2 Å². The van der Waals surface area contributed by atoms with Crippen molar-refractivity contribution in [1.82, 2.24) is 4.37 Å². The molecule has 0 aliphatic carbocycles. The zero-order valence-corrected chi connectivity index (χ0v) is 17.2. The first-order valence-electron chi connectivity index (χ1n) is 9.24. The van der Waals surface area contributed by atoms with Gasteiger partial charge in [0, 0.05) is 5.69 Å². The first-order chi connectivity index (χ1) is 15.0. The van der Waals surface area contributed by atoms with E-state index in [2.05, 4.69) is 19.9 Å². The molecule has 31 heavy (non-hydrogen) atoms. The van der Waals surface area contributed by atoms with Crippen LogP contribution in [0.3, 0.4) is 0 Å². The number of hydrogen-bond acceptors (Lipinski definition) is 7. The number of para-hydroxylation sites is 1. The Labute approximate surface area is 181 Å². The van der Waals surface area contributed by atoms with E-state index in [1.165, 1.54) is 0 Å². The second-order valence-electron chi connectivity index (χ2n) is 6.67. The molecule has 0 radical (unpaired) electrons. The van der Waals surface area contributed by atoms with E-state index in [-0.39, 0.29) is 27.6 Å². The van der Waals surface area contributed by atoms with Crippen LogP contribution in [-0.4, -0.2) is 21.3 Å². The minimum atomic E-state index is -0.661. The average molecular weight is 431 g/mol. The zero-order chi connectivity index (χ0) is 22.0. The Bertz CT molecular complexity index is 1330. The molecule has 4 N–H and O–H groups in total. The van der Waals surface area contributed by atoms with Gasteiger partial charge in [0.2, 0.25) is 0 Å². The summed E-state index contributed by atoms with van der Waals surface area (Å²) in [4.78, 5) is 24.7. The summed E-state index contributed by atoms with van der Waals surface area (Å²) < 4.78 is 4.08. The van der Waals surface area contributed by atoms with Crippen LogP contribution in [0.4, 0.5) is 16.4 Å². The molecule has 0 saturated heterocycles. The highest BCUT2D eigenvalue weighted by Gasteiger charge is 2.20. The quantitative estimate of drug-likeness (QED) is 0.380. The Balaban J connectivity index is 1.80. The average Bonchev–Trinajstić information content (AvgIpc) is 3.13. The molecular weight excluding hydrogens is 414 g/mol. The number of rotatable bonds is 5. The Kier molecular flexibility index (Phi) is 5.42. The molecule has 154 valence electrons. The monoisotopic (exact) mass is 431 g/mol. The lowest BCUT2D eigenvalue weighted by Crippen LogP contribution is -2.12. The maximum atomic E-state index is 13.0. The number of carbonyl (C=O) groups is 2. The highest BCUT2D eigenvalue weighted by Crippen LogP contribution is 2.39. The van der Waals surface area contributed by atoms with Gasteiger partial charge in [0.25, 0.3) is 11.8 Å². The number of benzene rings is 3. The van der Waals surface area contributed by atoms with E-state index < -0.39 is 11.8 Å². The molecule has 4 rings (SSSR count). The van der Waals surface area contributed by atoms with Crippen LogP contribution in [0.2, 0.25) is 0 Å². The fraction of sp³-hybridized carbons (Fsp3) is 0.0455. The predicted molar refractivity (Wildman–Crippen MR) is 120 cm³/mol. The Hall–Kier alpha value is -4.11. The number of aromatic hydroxyl groups is 1. The van der Waals surface area contributed by atoms with Crippen molar-refractivity contribution in [3.8, 4) is 5.75 Å². The van der Waals surface area contributed by atoms with Crippen LogP contribution in [0.5, 0.6) is 5.75 Å². The SMILES string of the molecule is Cc1nsc(/N=N/c2cc3ccccc3c(C(=O)Nc3ccccc3)c2O)c1C(N)=O. The molecule has 2 amide bonds. The second kappa shape index (κ2) is 8.33. The van der Waals surface area contributed by atoms with E-state index in [9.17, 15) is 14.7 Å². The number of primary amides is 1. The summed E-state index contributed by atoms with van der Waals surface area (Å²) in [7, 11) is 0. The molecule has 0 aliphatic rings. The number of nitrogens with one attached hydrogen (secondary N) is 1. The summed E-state index contributed by atoms with van der Waals surface area (Å²) in [5, 5.41) is 23.3. The molecule has 0 saturated carbocycles. The maximum Gasteiger partial charge on any atom is 0.260 e. The summed E-state index contributed by atoms with van der Waals surface area (Å²) in [6.07, 6.45) is 0. The number of aryl methyl sites for hydroxylation is 1. The van der Waals surface area contributed by atoms with Gasteiger partial charge in [0.05, 0.1) is 11.3 Å². The molecule has 1 heterocycles. The molecule has 9 heteroatoms. The summed E-state index contributed by atoms with van der Waals surface area (Å²) in [6.45, 7) is 1.65. The van der Waals surface area contributed by atoms with Crippen molar-refractivity contribution in [2.24, 2.45) is 16.0 Å². The molecule has 0 fully saturated rings. The van der Waals surface area contributed by atoms with Gasteiger partial charge in [-0.05, 0) is 47.4 Å². The summed E-state index contributed by atoms with van der Waals surface area (Å²) >= 11 is 0.973. The Morgan fingerprint density at radius 1 is 1.03 bits per heavy atom. The van der Waals surface area contributed by atoms with E-state index in [1.54, 1.807) is 55.5 Å². The number of amides is 2. The lowest BCUT2D eigenvalue weighted by Gasteiger charge is -2.12. The molecule has 0 unspecified atom stereocenters. The third kappa shape index (κ3) is 3.99. The Morgan fingerprint density at radius 3 is 2.48 bits per heavy atom. The molecule has 4 aromatic rings. The van der Waals surface area contributed by atoms with Gasteiger partial charge in [-0.15, -0.1) is 10.2 Å². The number of fused-ring (bicyclic) bond motifs is 1. The van der Waals surface area contributed by atoms with Crippen molar-refractivity contribution in [1.29, 1.82) is 0 Å². The lowest BCUT2D eigenvalue weighted by molar-refractivity contribution is 0.0997. The lowest BCUT2D eigenvalue weighted by atomic mass is 10.0. The van der Waals surface area contributed by atoms with Crippen molar-refractivity contribution in [3.63, 3.8) is 0 Å². The molecular formula is C22H17N5O3S. The third-order valence-electron chi connectivity index (χ3n) is 4.60. The van der Waals surface area contributed by atoms with Gasteiger partial charge in [-0.1, -0.05) is 42.5 Å². The predicted octanol–water partition coefficient (Wildman–Crippen LogP) is 5.08. The van der Waals surface area contributed by atoms with Crippen LogP contribution < -0.4 is 11.1 Å². The van der Waals surface area contributed by atoms with Gasteiger partial charge in [0.1, 0.15) is 11.3 Å². The van der Waals surface area contributed by atoms with Gasteiger partial charge in [-0.3, -0.25) is 9.59 Å². The summed E-state index contributed by atoms with van der Waals surface area (Å²) in [5.74, 6) is -1.47. The van der Waals surface area contributed by atoms with E-state index in [0.29, 0.717) is 22.2 Å². The number of nitrogens with zero attached hydrogens (tertiary/aromatic N) is 3. The number of hydrogen-bond donors (Lipinski definition) is 3. The minimum Gasteiger partial charge on any atom is -0.505 e. The van der Waals surface area contributed by atoms with Crippen LogP contribution in [0.1, 0.15) is 26.4 Å². The fourth-order valence-electron chi connectivity index (χ4n) is 3.15. The normalized spacial score (nSPS) is 11.1. The first kappa shape index (κ1) is 20.2. The van der Waals surface area contributed by atoms with Crippen LogP contribution in [0.15, 0.2) is 70.9 Å². The number of azo groups is 1. The van der Waals surface area contributed by atoms with Crippen LogP contribution >= 0.6 is 11.5 Å². The van der Waals surface area contributed by atoms with E-state index >= 15 is 0 Å². The summed E-state index contributed by atoms with van der Waals surface area (Å²) in [6, 6.07) is 17.7. The first-order valence-corrected chi connectivity index (χ1v) is 10.0. The number of aromatic nitrogens is 1. The second-order valence-corrected chi connectivity index (χ2v) is 7.42. The number of anilines is 1. The Morgan fingerprint density at radius 2 is 1.74 bits per heavy atom. The minimum absolute atomic E-state index is 0.0755. The van der Waals surface area contributed by atoms with Crippen LogP contribution in [0, 0.1) is 6.92 Å². The van der Waals surface area contributed by atoms with E-state index in [4.69, 9.17) is 5.73 Å². The summed E-state index contributed by atoms with van der Waals surface area (Å²) in [5.41, 5.74) is 6.78. The van der Waals surface area contributed by atoms with Crippen molar-refractivity contribution in [2.75, 3.05) is 5.32 Å². The number of phenols is 1. The maximum absolute atomic E-state index is 13.0. The highest BCUT2D eigenvalue weighted by atomic mass is 32.1. The smallest absolute Gasteiger partial charge is 0.260 e. The fourth-order valence-corrected chi connectivity index (χ4v) is 3.88. The standard InChI is InChI=1S/C22H17N5O3S/c1-12-17(20(23)29)22(31-27-12)26-25-16-11-13-7-5-6-10-15(13)18(19(16)28)21(30)24-14-8-3-2-4-9-14/h2-11,28H,1H3,(H2,23,29)(H,24,30)/b26-25+. The van der Waals surface area contributed by atoms with Gasteiger partial charge >= 0.3 is 0 Å². The zero-order valence-electron chi connectivity index (χ0n) is 16.4. The van der Waals surface area contributed by atoms with E-state index in [0.717, 1.165) is 11.5 Å². The molecule has 0 bridgehead atoms.